The summed E-state index contributed by atoms with van der Waals surface area (Å²) in [6, 6.07) is 12.4. The Morgan fingerprint density at radius 3 is 2.93 bits per heavy atom. The first-order valence-corrected chi connectivity index (χ1v) is 9.16. The lowest BCUT2D eigenvalue weighted by molar-refractivity contribution is 0.00275. The molecular weight excluding hydrogens is 340 g/mol. The Hall–Kier alpha value is -2.70. The predicted molar refractivity (Wildman–Crippen MR) is 103 cm³/mol. The van der Waals surface area contributed by atoms with E-state index in [0.29, 0.717) is 19.0 Å². The highest BCUT2D eigenvalue weighted by Crippen LogP contribution is 2.22. The molecule has 3 heterocycles. The topological polar surface area (TPSA) is 61.2 Å². The van der Waals surface area contributed by atoms with Crippen LogP contribution >= 0.6 is 0 Å². The molecule has 0 amide bonds. The van der Waals surface area contributed by atoms with Crippen LogP contribution in [-0.4, -0.2) is 34.3 Å². The highest BCUT2D eigenvalue weighted by molar-refractivity contribution is 5.59. The van der Waals surface area contributed by atoms with Gasteiger partial charge < -0.3 is 19.4 Å². The molecule has 0 saturated carbocycles. The van der Waals surface area contributed by atoms with Crippen molar-refractivity contribution in [1.29, 1.82) is 0 Å². The molecule has 1 aliphatic heterocycles. The molecule has 0 unspecified atom stereocenters. The average Bonchev–Trinajstić information content (AvgIpc) is 3.12. The molecule has 1 N–H and O–H groups in total. The number of benzene rings is 1. The summed E-state index contributed by atoms with van der Waals surface area (Å²) in [5.74, 6) is 1.64. The van der Waals surface area contributed by atoms with Crippen LogP contribution in [0, 0.1) is 6.92 Å². The Morgan fingerprint density at radius 2 is 2.11 bits per heavy atom. The molecule has 6 heteroatoms. The second kappa shape index (κ2) is 7.90. The first-order valence-electron chi connectivity index (χ1n) is 9.16. The summed E-state index contributed by atoms with van der Waals surface area (Å²) >= 11 is 0. The number of rotatable bonds is 6. The molecule has 1 aliphatic rings. The van der Waals surface area contributed by atoms with E-state index in [4.69, 9.17) is 14.5 Å². The minimum absolute atomic E-state index is 0.111. The van der Waals surface area contributed by atoms with Crippen molar-refractivity contribution in [2.75, 3.05) is 13.7 Å². The third-order valence-corrected chi connectivity index (χ3v) is 4.79. The molecule has 27 heavy (non-hydrogen) atoms. The number of pyridine rings is 1. The number of nitrogens with one attached hydrogen (secondary N) is 1. The van der Waals surface area contributed by atoms with E-state index in [1.807, 2.05) is 12.1 Å². The van der Waals surface area contributed by atoms with Crippen LogP contribution in [0.25, 0.3) is 11.3 Å². The molecule has 140 valence electrons. The molecule has 0 radical (unpaired) electrons. The standard InChI is InChI=1S/C21H24N4O2/c1-15-5-7-16(8-6-15)19-13-25-12-18(27-14-20(25)24-19)11-22-10-17-4-3-9-23-21(17)26-2/h3-9,13,18,22H,10-12,14H2,1-2H3/t18-/m0/s1. The zero-order valence-corrected chi connectivity index (χ0v) is 15.7. The molecule has 6 nitrogen and oxygen atoms in total. The van der Waals surface area contributed by atoms with Crippen molar-refractivity contribution in [1.82, 2.24) is 19.9 Å². The fourth-order valence-electron chi connectivity index (χ4n) is 3.29. The second-order valence-electron chi connectivity index (χ2n) is 6.80. The second-order valence-corrected chi connectivity index (χ2v) is 6.80. The average molecular weight is 364 g/mol. The number of hydrogen-bond acceptors (Lipinski definition) is 5. The molecular formula is C21H24N4O2. The van der Waals surface area contributed by atoms with Gasteiger partial charge in [-0.05, 0) is 13.0 Å². The monoisotopic (exact) mass is 364 g/mol. The van der Waals surface area contributed by atoms with E-state index in [-0.39, 0.29) is 6.10 Å². The van der Waals surface area contributed by atoms with Crippen molar-refractivity contribution < 1.29 is 9.47 Å². The number of imidazole rings is 1. The maximum Gasteiger partial charge on any atom is 0.217 e. The van der Waals surface area contributed by atoms with Gasteiger partial charge in [0.05, 0.1) is 25.5 Å². The Balaban J connectivity index is 1.36. The number of ether oxygens (including phenoxy) is 2. The number of aryl methyl sites for hydroxylation is 1. The predicted octanol–water partition coefficient (Wildman–Crippen LogP) is 2.95. The molecule has 1 atom stereocenters. The lowest BCUT2D eigenvalue weighted by atomic mass is 10.1. The van der Waals surface area contributed by atoms with Crippen LogP contribution in [0.2, 0.25) is 0 Å². The van der Waals surface area contributed by atoms with Gasteiger partial charge in [0.1, 0.15) is 12.4 Å². The maximum absolute atomic E-state index is 5.97. The van der Waals surface area contributed by atoms with E-state index < -0.39 is 0 Å². The normalized spacial score (nSPS) is 16.1. The third kappa shape index (κ3) is 4.02. The van der Waals surface area contributed by atoms with Gasteiger partial charge in [-0.15, -0.1) is 0 Å². The Kier molecular flexibility index (Phi) is 5.18. The van der Waals surface area contributed by atoms with Crippen LogP contribution in [0.1, 0.15) is 17.0 Å². The maximum atomic E-state index is 5.97. The summed E-state index contributed by atoms with van der Waals surface area (Å²) in [5, 5.41) is 3.44. The zero-order chi connectivity index (χ0) is 18.6. The lowest BCUT2D eigenvalue weighted by Gasteiger charge is -2.24. The van der Waals surface area contributed by atoms with Crippen molar-refractivity contribution in [2.45, 2.75) is 32.7 Å². The quantitative estimate of drug-likeness (QED) is 0.729. The lowest BCUT2D eigenvalue weighted by Crippen LogP contribution is -2.36. The largest absolute Gasteiger partial charge is 0.481 e. The van der Waals surface area contributed by atoms with Gasteiger partial charge in [0.15, 0.2) is 0 Å². The minimum atomic E-state index is 0.111. The number of nitrogens with zero attached hydrogens (tertiary/aromatic N) is 3. The summed E-state index contributed by atoms with van der Waals surface area (Å²) in [6.07, 6.45) is 3.97. The van der Waals surface area contributed by atoms with Crippen molar-refractivity contribution in [2.24, 2.45) is 0 Å². The summed E-state index contributed by atoms with van der Waals surface area (Å²) in [7, 11) is 1.64. The summed E-state index contributed by atoms with van der Waals surface area (Å²) in [5.41, 5.74) is 4.44. The smallest absolute Gasteiger partial charge is 0.217 e. The van der Waals surface area contributed by atoms with Gasteiger partial charge in [0.2, 0.25) is 5.88 Å². The van der Waals surface area contributed by atoms with Crippen LogP contribution < -0.4 is 10.1 Å². The molecule has 1 aromatic carbocycles. The Labute approximate surface area is 159 Å². The molecule has 4 rings (SSSR count). The number of aromatic nitrogens is 3. The first-order chi connectivity index (χ1) is 13.2. The van der Waals surface area contributed by atoms with Crippen LogP contribution in [0.4, 0.5) is 0 Å². The van der Waals surface area contributed by atoms with E-state index in [2.05, 4.69) is 52.3 Å². The SMILES string of the molecule is COc1ncccc1CNC[C@H]1Cn2cc(-c3ccc(C)cc3)nc2CO1. The van der Waals surface area contributed by atoms with Crippen molar-refractivity contribution in [3.05, 3.63) is 65.7 Å². The van der Waals surface area contributed by atoms with E-state index in [0.717, 1.165) is 35.7 Å². The van der Waals surface area contributed by atoms with Gasteiger partial charge in [-0.1, -0.05) is 35.9 Å². The molecule has 0 saturated heterocycles. The molecule has 3 aromatic rings. The molecule has 0 spiro atoms. The fourth-order valence-corrected chi connectivity index (χ4v) is 3.29. The van der Waals surface area contributed by atoms with Gasteiger partial charge in [0, 0.05) is 36.6 Å². The fraction of sp³-hybridized carbons (Fsp3) is 0.333. The van der Waals surface area contributed by atoms with Crippen LogP contribution in [-0.2, 0) is 24.4 Å². The Morgan fingerprint density at radius 1 is 1.26 bits per heavy atom. The van der Waals surface area contributed by atoms with Crippen molar-refractivity contribution in [3.8, 4) is 17.1 Å². The molecule has 2 aromatic heterocycles. The highest BCUT2D eigenvalue weighted by atomic mass is 16.5. The van der Waals surface area contributed by atoms with E-state index in [1.54, 1.807) is 13.3 Å². The van der Waals surface area contributed by atoms with Gasteiger partial charge in [-0.3, -0.25) is 0 Å². The van der Waals surface area contributed by atoms with Crippen molar-refractivity contribution in [3.63, 3.8) is 0 Å². The number of fused-ring (bicyclic) bond motifs is 1. The highest BCUT2D eigenvalue weighted by Gasteiger charge is 2.21. The van der Waals surface area contributed by atoms with Gasteiger partial charge >= 0.3 is 0 Å². The van der Waals surface area contributed by atoms with Crippen LogP contribution in [0.5, 0.6) is 5.88 Å². The van der Waals surface area contributed by atoms with Crippen molar-refractivity contribution >= 4 is 0 Å². The summed E-state index contributed by atoms with van der Waals surface area (Å²) in [6.45, 7) is 4.88. The number of methoxy groups -OCH3 is 1. The van der Waals surface area contributed by atoms with Crippen LogP contribution in [0.15, 0.2) is 48.8 Å². The van der Waals surface area contributed by atoms with E-state index in [1.165, 1.54) is 5.56 Å². The molecule has 0 aliphatic carbocycles. The van der Waals surface area contributed by atoms with Gasteiger partial charge in [-0.2, -0.15) is 0 Å². The summed E-state index contributed by atoms with van der Waals surface area (Å²) < 4.78 is 13.5. The van der Waals surface area contributed by atoms with Crippen LogP contribution in [0.3, 0.4) is 0 Å². The van der Waals surface area contributed by atoms with E-state index >= 15 is 0 Å². The van der Waals surface area contributed by atoms with E-state index in [9.17, 15) is 0 Å². The Bertz CT molecular complexity index is 905. The molecule has 0 fully saturated rings. The third-order valence-electron chi connectivity index (χ3n) is 4.79. The number of hydrogen-bond donors (Lipinski definition) is 1. The first kappa shape index (κ1) is 17.7. The van der Waals surface area contributed by atoms with Gasteiger partial charge in [-0.25, -0.2) is 9.97 Å². The minimum Gasteiger partial charge on any atom is -0.481 e. The van der Waals surface area contributed by atoms with Gasteiger partial charge in [0.25, 0.3) is 0 Å². The molecule has 0 bridgehead atoms. The zero-order valence-electron chi connectivity index (χ0n) is 15.7. The summed E-state index contributed by atoms with van der Waals surface area (Å²) in [4.78, 5) is 8.95.